The van der Waals surface area contributed by atoms with E-state index in [2.05, 4.69) is 31.6 Å². The first-order valence-electron chi connectivity index (χ1n) is 20.4. The van der Waals surface area contributed by atoms with Gasteiger partial charge in [-0.25, -0.2) is 8.42 Å². The first-order valence-corrected chi connectivity index (χ1v) is 22.3. The average molecular weight is 969 g/mol. The number of carbonyl (C=O) groups excluding carboxylic acids is 6. The number of aryl methyl sites for hydroxylation is 1. The average Bonchev–Trinajstić information content (AvgIpc) is 3.66. The van der Waals surface area contributed by atoms with Crippen LogP contribution in [-0.2, 0) is 66.0 Å². The van der Waals surface area contributed by atoms with Gasteiger partial charge in [0.15, 0.2) is 0 Å². The number of fused-ring (bicyclic) bond motifs is 1. The number of halogens is 1. The highest BCUT2D eigenvalue weighted by atomic mass is 35.5. The molecule has 0 aliphatic heterocycles. The highest BCUT2D eigenvalue weighted by Gasteiger charge is 2.33. The van der Waals surface area contributed by atoms with Crippen molar-refractivity contribution in [1.82, 2.24) is 36.3 Å². The highest BCUT2D eigenvalue weighted by molar-refractivity contribution is 7.89. The van der Waals surface area contributed by atoms with Crippen LogP contribution in [0.15, 0.2) is 83.9 Å². The molecule has 0 aliphatic carbocycles. The van der Waals surface area contributed by atoms with Crippen molar-refractivity contribution in [3.63, 3.8) is 0 Å². The molecule has 12 N–H and O–H groups in total. The first-order chi connectivity index (χ1) is 31.6. The SMILES string of the molecule is Cc1ccc(S(=O)(=O)NC(CC(=O)O)C(=O)NC(CCC(=O)O)C(=O)NCC(=O)NC(Cc2cccc(Cl)c2)C(=O)NC(Cc2c[nH]c3ccccc23)C(=O)NC(CCC(=O)O)C(N)=O)cc1. The van der Waals surface area contributed by atoms with Crippen LogP contribution in [0, 0.1) is 6.92 Å². The number of hydrogen-bond donors (Lipinski definition) is 11. The molecule has 0 saturated heterocycles. The third kappa shape index (κ3) is 16.5. The molecule has 1 aromatic heterocycles. The van der Waals surface area contributed by atoms with E-state index in [1.165, 1.54) is 30.3 Å². The van der Waals surface area contributed by atoms with Crippen molar-refractivity contribution < 1.29 is 66.9 Å². The molecule has 4 aromatic rings. The van der Waals surface area contributed by atoms with Crippen molar-refractivity contribution in [1.29, 1.82) is 0 Å². The predicted octanol–water partition coefficient (Wildman–Crippen LogP) is 0.00702. The van der Waals surface area contributed by atoms with Crippen LogP contribution in [0.1, 0.15) is 48.8 Å². The summed E-state index contributed by atoms with van der Waals surface area (Å²) in [6.45, 7) is 0.804. The van der Waals surface area contributed by atoms with Crippen molar-refractivity contribution in [2.75, 3.05) is 6.54 Å². The normalized spacial score (nSPS) is 13.5. The molecule has 0 saturated carbocycles. The summed E-state index contributed by atoms with van der Waals surface area (Å²) in [6.07, 6.45) is -2.08. The zero-order valence-corrected chi connectivity index (χ0v) is 37.3. The Morgan fingerprint density at radius 2 is 1.25 bits per heavy atom. The van der Waals surface area contributed by atoms with E-state index in [0.29, 0.717) is 27.6 Å². The number of carbonyl (C=O) groups is 9. The topological polar surface area (TPSA) is 362 Å². The molecule has 5 atom stereocenters. The molecule has 0 aliphatic rings. The largest absolute Gasteiger partial charge is 0.481 e. The van der Waals surface area contributed by atoms with E-state index in [-0.39, 0.29) is 29.2 Å². The van der Waals surface area contributed by atoms with E-state index in [1.807, 2.05) is 4.72 Å². The molecule has 358 valence electrons. The molecule has 0 fully saturated rings. The maximum Gasteiger partial charge on any atom is 0.305 e. The number of H-pyrrole nitrogens is 1. The van der Waals surface area contributed by atoms with Gasteiger partial charge in [-0.05, 0) is 61.2 Å². The summed E-state index contributed by atoms with van der Waals surface area (Å²) in [4.78, 5) is 118. The van der Waals surface area contributed by atoms with Gasteiger partial charge < -0.3 is 52.6 Å². The second-order valence-corrected chi connectivity index (χ2v) is 17.4. The molecule has 24 heteroatoms. The van der Waals surface area contributed by atoms with Crippen LogP contribution in [0.3, 0.4) is 0 Å². The van der Waals surface area contributed by atoms with Gasteiger partial charge in [0.05, 0.1) is 17.9 Å². The van der Waals surface area contributed by atoms with E-state index in [9.17, 15) is 66.9 Å². The number of aromatic amines is 1. The highest BCUT2D eigenvalue weighted by Crippen LogP contribution is 2.20. The lowest BCUT2D eigenvalue weighted by molar-refractivity contribution is -0.140. The van der Waals surface area contributed by atoms with Crippen molar-refractivity contribution >= 4 is 85.9 Å². The van der Waals surface area contributed by atoms with Gasteiger partial charge in [-0.3, -0.25) is 43.2 Å². The van der Waals surface area contributed by atoms with Crippen LogP contribution in [0.5, 0.6) is 0 Å². The van der Waals surface area contributed by atoms with Gasteiger partial charge in [-0.2, -0.15) is 4.72 Å². The Bertz CT molecular complexity index is 2610. The molecule has 0 bridgehead atoms. The standard InChI is InChI=1S/C43H49ClN8O14S/c1-23-9-11-27(12-10-23)67(65,66)52-34(20-38(58)59)43(64)50-31(14-16-37(56)57)40(61)47-22-35(53)48-32(18-24-5-4-6-26(44)17-24)41(62)51-33(19-25-21-46-29-8-3-2-7-28(25)29)42(63)49-30(39(45)60)13-15-36(54)55/h2-12,17,21,30-34,46,52H,13-16,18-20,22H2,1H3,(H2,45,60)(H,47,61)(H,48,53)(H,49,63)(H,50,64)(H,51,62)(H,54,55)(H,56,57)(H,58,59). The number of amides is 6. The fourth-order valence-electron chi connectivity index (χ4n) is 6.62. The van der Waals surface area contributed by atoms with E-state index in [4.69, 9.17) is 17.3 Å². The second kappa shape index (κ2) is 24.2. The fourth-order valence-corrected chi connectivity index (χ4v) is 8.03. The monoisotopic (exact) mass is 968 g/mol. The molecule has 67 heavy (non-hydrogen) atoms. The van der Waals surface area contributed by atoms with Crippen LogP contribution in [0.4, 0.5) is 0 Å². The molecular weight excluding hydrogens is 920 g/mol. The Hall–Kier alpha value is -7.37. The van der Waals surface area contributed by atoms with Crippen LogP contribution < -0.4 is 37.0 Å². The Kier molecular flexibility index (Phi) is 18.9. The van der Waals surface area contributed by atoms with Gasteiger partial charge in [0, 0.05) is 47.8 Å². The predicted molar refractivity (Wildman–Crippen MR) is 238 cm³/mol. The molecule has 0 radical (unpaired) electrons. The van der Waals surface area contributed by atoms with Gasteiger partial charge in [-0.1, -0.05) is 59.6 Å². The number of para-hydroxylation sites is 1. The zero-order valence-electron chi connectivity index (χ0n) is 35.7. The van der Waals surface area contributed by atoms with Crippen molar-refractivity contribution in [3.05, 3.63) is 101 Å². The van der Waals surface area contributed by atoms with Crippen molar-refractivity contribution in [3.8, 4) is 0 Å². The molecule has 22 nitrogen and oxygen atoms in total. The van der Waals surface area contributed by atoms with Gasteiger partial charge in [0.1, 0.15) is 30.2 Å². The number of sulfonamides is 1. The van der Waals surface area contributed by atoms with Gasteiger partial charge in [0.2, 0.25) is 45.5 Å². The quantitative estimate of drug-likeness (QED) is 0.0395. The number of carboxylic acid groups (broad SMARTS) is 3. The molecule has 1 heterocycles. The Morgan fingerprint density at radius 3 is 1.87 bits per heavy atom. The third-order valence-corrected chi connectivity index (χ3v) is 11.8. The van der Waals surface area contributed by atoms with Gasteiger partial charge in [-0.15, -0.1) is 0 Å². The smallest absolute Gasteiger partial charge is 0.305 e. The van der Waals surface area contributed by atoms with Crippen LogP contribution in [-0.4, -0.2) is 119 Å². The number of primary amides is 1. The minimum Gasteiger partial charge on any atom is -0.481 e. The Balaban J connectivity index is 1.55. The lowest BCUT2D eigenvalue weighted by Crippen LogP contribution is -2.58. The minimum absolute atomic E-state index is 0.177. The summed E-state index contributed by atoms with van der Waals surface area (Å²) in [5.41, 5.74) is 7.85. The molecular formula is C43H49ClN8O14S. The molecule has 6 amide bonds. The first kappa shape index (κ1) is 52.3. The van der Waals surface area contributed by atoms with Gasteiger partial charge >= 0.3 is 17.9 Å². The minimum atomic E-state index is -4.49. The maximum absolute atomic E-state index is 14.2. The van der Waals surface area contributed by atoms with E-state index in [0.717, 1.165) is 0 Å². The number of benzene rings is 3. The van der Waals surface area contributed by atoms with E-state index >= 15 is 0 Å². The number of nitrogens with two attached hydrogens (primary N) is 1. The molecule has 4 rings (SSSR count). The summed E-state index contributed by atoms with van der Waals surface area (Å²) in [7, 11) is -4.49. The van der Waals surface area contributed by atoms with Gasteiger partial charge in [0.25, 0.3) is 0 Å². The second-order valence-electron chi connectivity index (χ2n) is 15.3. The van der Waals surface area contributed by atoms with E-state index in [1.54, 1.807) is 55.6 Å². The number of carboxylic acids is 3. The summed E-state index contributed by atoms with van der Waals surface area (Å²) < 4.78 is 28.1. The maximum atomic E-state index is 14.2. The summed E-state index contributed by atoms with van der Waals surface area (Å²) in [6, 6.07) is 10.5. The third-order valence-electron chi connectivity index (χ3n) is 10.0. The molecule has 0 spiro atoms. The van der Waals surface area contributed by atoms with Crippen LogP contribution >= 0.6 is 11.6 Å². The summed E-state index contributed by atoms with van der Waals surface area (Å²) in [5.74, 6) is -10.6. The molecule has 5 unspecified atom stereocenters. The summed E-state index contributed by atoms with van der Waals surface area (Å²) >= 11 is 6.19. The lowest BCUT2D eigenvalue weighted by atomic mass is 10.0. The Morgan fingerprint density at radius 1 is 0.672 bits per heavy atom. The Labute approximate surface area is 387 Å². The number of rotatable bonds is 26. The van der Waals surface area contributed by atoms with E-state index < -0.39 is 126 Å². The number of aromatic nitrogens is 1. The van der Waals surface area contributed by atoms with Crippen LogP contribution in [0.2, 0.25) is 5.02 Å². The molecule has 3 aromatic carbocycles. The van der Waals surface area contributed by atoms with Crippen molar-refractivity contribution in [2.24, 2.45) is 5.73 Å². The number of hydrogen-bond acceptors (Lipinski definition) is 11. The van der Waals surface area contributed by atoms with Crippen LogP contribution in [0.25, 0.3) is 10.9 Å². The number of nitrogens with one attached hydrogen (secondary N) is 7. The lowest BCUT2D eigenvalue weighted by Gasteiger charge is -2.25. The van der Waals surface area contributed by atoms with Crippen molar-refractivity contribution in [2.45, 2.75) is 87.0 Å². The zero-order chi connectivity index (χ0) is 49.4. The number of aliphatic carboxylic acids is 3. The summed E-state index contributed by atoms with van der Waals surface area (Å²) in [5, 5.41) is 40.8. The fraction of sp³-hybridized carbons (Fsp3) is 0.326.